The Bertz CT molecular complexity index is 697. The average Bonchev–Trinajstić information content (AvgIpc) is 2.95. The van der Waals surface area contributed by atoms with Gasteiger partial charge in [0, 0.05) is 11.3 Å². The van der Waals surface area contributed by atoms with Gasteiger partial charge in [0.2, 0.25) is 11.7 Å². The number of para-hydroxylation sites is 1. The number of hydrogen-bond acceptors (Lipinski definition) is 4. The first-order chi connectivity index (χ1) is 9.81. The Labute approximate surface area is 115 Å². The lowest BCUT2D eigenvalue weighted by Gasteiger charge is -2.01. The number of anilines is 1. The highest BCUT2D eigenvalue weighted by molar-refractivity contribution is 5.54. The summed E-state index contributed by atoms with van der Waals surface area (Å²) in [4.78, 5) is 4.23. The van der Waals surface area contributed by atoms with Crippen LogP contribution >= 0.6 is 0 Å². The number of aromatic nitrogens is 2. The van der Waals surface area contributed by atoms with Gasteiger partial charge >= 0.3 is 0 Å². The van der Waals surface area contributed by atoms with Crippen LogP contribution in [0.3, 0.4) is 0 Å². The molecule has 0 aliphatic carbocycles. The Morgan fingerprint density at radius 3 is 2.70 bits per heavy atom. The summed E-state index contributed by atoms with van der Waals surface area (Å²) in [5.41, 5.74) is 1.57. The third kappa shape index (κ3) is 2.83. The molecule has 0 spiro atoms. The normalized spacial score (nSPS) is 10.4. The smallest absolute Gasteiger partial charge is 0.246 e. The molecular weight excluding hydrogens is 257 g/mol. The van der Waals surface area contributed by atoms with E-state index in [1.165, 1.54) is 12.1 Å². The van der Waals surface area contributed by atoms with Crippen LogP contribution < -0.4 is 5.32 Å². The van der Waals surface area contributed by atoms with Gasteiger partial charge in [-0.1, -0.05) is 35.5 Å². The zero-order valence-corrected chi connectivity index (χ0v) is 10.6. The maximum absolute atomic E-state index is 13.1. The summed E-state index contributed by atoms with van der Waals surface area (Å²) < 4.78 is 18.3. The molecule has 0 saturated carbocycles. The van der Waals surface area contributed by atoms with Gasteiger partial charge in [-0.05, 0) is 24.3 Å². The molecule has 1 aromatic heterocycles. The summed E-state index contributed by atoms with van der Waals surface area (Å²) in [6.45, 7) is 0.423. The summed E-state index contributed by atoms with van der Waals surface area (Å²) in [5, 5.41) is 7.01. The number of nitrogens with one attached hydrogen (secondary N) is 1. The molecule has 0 unspecified atom stereocenters. The summed E-state index contributed by atoms with van der Waals surface area (Å²) in [5.74, 6) is 0.513. The molecule has 0 atom stereocenters. The summed E-state index contributed by atoms with van der Waals surface area (Å²) in [6, 6.07) is 15.8. The average molecular weight is 269 g/mol. The van der Waals surface area contributed by atoms with E-state index in [1.54, 1.807) is 12.1 Å². The lowest BCUT2D eigenvalue weighted by molar-refractivity contribution is 0.384. The summed E-state index contributed by atoms with van der Waals surface area (Å²) in [6.07, 6.45) is 0. The van der Waals surface area contributed by atoms with Gasteiger partial charge in [0.05, 0.1) is 6.54 Å². The van der Waals surface area contributed by atoms with Gasteiger partial charge < -0.3 is 9.84 Å². The quantitative estimate of drug-likeness (QED) is 0.787. The van der Waals surface area contributed by atoms with Crippen molar-refractivity contribution in [3.63, 3.8) is 0 Å². The predicted octanol–water partition coefficient (Wildman–Crippen LogP) is 3.49. The zero-order chi connectivity index (χ0) is 13.8. The highest BCUT2D eigenvalue weighted by Gasteiger charge is 2.08. The van der Waals surface area contributed by atoms with Crippen LogP contribution in [0.4, 0.5) is 10.1 Å². The second-order valence-electron chi connectivity index (χ2n) is 4.24. The van der Waals surface area contributed by atoms with E-state index < -0.39 is 0 Å². The molecule has 0 aliphatic heterocycles. The predicted molar refractivity (Wildman–Crippen MR) is 73.5 cm³/mol. The minimum atomic E-state index is -0.323. The van der Waals surface area contributed by atoms with Gasteiger partial charge in [0.1, 0.15) is 5.82 Å². The summed E-state index contributed by atoms with van der Waals surface area (Å²) in [7, 11) is 0. The Morgan fingerprint density at radius 2 is 1.90 bits per heavy atom. The standard InChI is InChI=1S/C15H12FN3O/c16-12-6-4-5-11(9-12)15-18-14(20-19-15)10-17-13-7-2-1-3-8-13/h1-9,17H,10H2. The van der Waals surface area contributed by atoms with E-state index in [1.807, 2.05) is 30.3 Å². The molecule has 100 valence electrons. The fourth-order valence-electron chi connectivity index (χ4n) is 1.81. The third-order valence-electron chi connectivity index (χ3n) is 2.77. The van der Waals surface area contributed by atoms with Gasteiger partial charge in [-0.3, -0.25) is 0 Å². The van der Waals surface area contributed by atoms with E-state index in [4.69, 9.17) is 4.52 Å². The molecule has 3 aromatic rings. The molecule has 20 heavy (non-hydrogen) atoms. The molecule has 0 fully saturated rings. The van der Waals surface area contributed by atoms with Crippen molar-refractivity contribution in [3.05, 3.63) is 66.3 Å². The number of rotatable bonds is 4. The van der Waals surface area contributed by atoms with Crippen LogP contribution in [-0.2, 0) is 6.54 Å². The first-order valence-corrected chi connectivity index (χ1v) is 6.19. The van der Waals surface area contributed by atoms with Crippen molar-refractivity contribution >= 4 is 5.69 Å². The monoisotopic (exact) mass is 269 g/mol. The molecule has 0 amide bonds. The number of hydrogen-bond donors (Lipinski definition) is 1. The molecular formula is C15H12FN3O. The van der Waals surface area contributed by atoms with Crippen LogP contribution in [0.1, 0.15) is 5.89 Å². The van der Waals surface area contributed by atoms with Gasteiger partial charge in [0.15, 0.2) is 0 Å². The van der Waals surface area contributed by atoms with Crippen LogP contribution in [0.2, 0.25) is 0 Å². The molecule has 0 radical (unpaired) electrons. The second kappa shape index (κ2) is 5.52. The van der Waals surface area contributed by atoms with Gasteiger partial charge in [-0.2, -0.15) is 4.98 Å². The van der Waals surface area contributed by atoms with Crippen molar-refractivity contribution in [3.8, 4) is 11.4 Å². The largest absolute Gasteiger partial charge is 0.376 e. The lowest BCUT2D eigenvalue weighted by atomic mass is 10.2. The van der Waals surface area contributed by atoms with Crippen LogP contribution in [0, 0.1) is 5.82 Å². The molecule has 0 aliphatic rings. The number of halogens is 1. The van der Waals surface area contributed by atoms with E-state index in [2.05, 4.69) is 15.5 Å². The Hall–Kier alpha value is -2.69. The highest BCUT2D eigenvalue weighted by atomic mass is 19.1. The highest BCUT2D eigenvalue weighted by Crippen LogP contribution is 2.17. The molecule has 1 N–H and O–H groups in total. The number of benzene rings is 2. The minimum Gasteiger partial charge on any atom is -0.376 e. The van der Waals surface area contributed by atoms with Crippen molar-refractivity contribution in [2.24, 2.45) is 0 Å². The van der Waals surface area contributed by atoms with E-state index in [0.29, 0.717) is 23.8 Å². The van der Waals surface area contributed by atoms with Crippen molar-refractivity contribution in [1.29, 1.82) is 0 Å². The SMILES string of the molecule is Fc1cccc(-c2noc(CNc3ccccc3)n2)c1. The van der Waals surface area contributed by atoms with Crippen LogP contribution in [0.5, 0.6) is 0 Å². The van der Waals surface area contributed by atoms with Gasteiger partial charge in [-0.15, -0.1) is 0 Å². The first kappa shape index (κ1) is 12.3. The maximum Gasteiger partial charge on any atom is 0.246 e. The molecule has 0 bridgehead atoms. The van der Waals surface area contributed by atoms with E-state index in [-0.39, 0.29) is 5.82 Å². The van der Waals surface area contributed by atoms with E-state index >= 15 is 0 Å². The molecule has 5 heteroatoms. The molecule has 1 heterocycles. The van der Waals surface area contributed by atoms with Crippen molar-refractivity contribution < 1.29 is 8.91 Å². The lowest BCUT2D eigenvalue weighted by Crippen LogP contribution is -1.99. The number of nitrogens with zero attached hydrogens (tertiary/aromatic N) is 2. The Balaban J connectivity index is 1.71. The molecule has 4 nitrogen and oxygen atoms in total. The van der Waals surface area contributed by atoms with Crippen molar-refractivity contribution in [1.82, 2.24) is 10.1 Å². The first-order valence-electron chi connectivity index (χ1n) is 6.19. The fraction of sp³-hybridized carbons (Fsp3) is 0.0667. The fourth-order valence-corrected chi connectivity index (χ4v) is 1.81. The summed E-state index contributed by atoms with van der Waals surface area (Å²) >= 11 is 0. The van der Waals surface area contributed by atoms with Crippen LogP contribution in [0.25, 0.3) is 11.4 Å². The Morgan fingerprint density at radius 1 is 1.05 bits per heavy atom. The van der Waals surface area contributed by atoms with Crippen molar-refractivity contribution in [2.75, 3.05) is 5.32 Å². The Kier molecular flexibility index (Phi) is 3.41. The maximum atomic E-state index is 13.1. The third-order valence-corrected chi connectivity index (χ3v) is 2.77. The zero-order valence-electron chi connectivity index (χ0n) is 10.6. The van der Waals surface area contributed by atoms with Crippen molar-refractivity contribution in [2.45, 2.75) is 6.54 Å². The van der Waals surface area contributed by atoms with E-state index in [0.717, 1.165) is 5.69 Å². The van der Waals surface area contributed by atoms with Crippen LogP contribution in [0.15, 0.2) is 59.1 Å². The van der Waals surface area contributed by atoms with Gasteiger partial charge in [-0.25, -0.2) is 4.39 Å². The molecule has 3 rings (SSSR count). The van der Waals surface area contributed by atoms with Crippen LogP contribution in [-0.4, -0.2) is 10.1 Å². The topological polar surface area (TPSA) is 51.0 Å². The van der Waals surface area contributed by atoms with E-state index in [9.17, 15) is 4.39 Å². The van der Waals surface area contributed by atoms with Gasteiger partial charge in [0.25, 0.3) is 0 Å². The molecule has 0 saturated heterocycles. The second-order valence-corrected chi connectivity index (χ2v) is 4.24. The minimum absolute atomic E-state index is 0.323. The molecule has 2 aromatic carbocycles.